The van der Waals surface area contributed by atoms with Crippen LogP contribution < -0.4 is 5.32 Å². The highest BCUT2D eigenvalue weighted by Crippen LogP contribution is 2.35. The van der Waals surface area contributed by atoms with Gasteiger partial charge in [-0.25, -0.2) is 0 Å². The number of carbonyl (C=O) groups is 1. The summed E-state index contributed by atoms with van der Waals surface area (Å²) in [5.41, 5.74) is 2.59. The van der Waals surface area contributed by atoms with Gasteiger partial charge in [-0.15, -0.1) is 0 Å². The molecule has 0 fully saturated rings. The van der Waals surface area contributed by atoms with Crippen LogP contribution in [0.2, 0.25) is 0 Å². The maximum atomic E-state index is 12.5. The van der Waals surface area contributed by atoms with Crippen LogP contribution in [0.5, 0.6) is 0 Å². The van der Waals surface area contributed by atoms with Gasteiger partial charge < -0.3 is 10.4 Å². The van der Waals surface area contributed by atoms with Gasteiger partial charge >= 0.3 is 0 Å². The molecular formula is C19H29NO2. The van der Waals surface area contributed by atoms with E-state index in [4.69, 9.17) is 0 Å². The lowest BCUT2D eigenvalue weighted by Gasteiger charge is -2.23. The van der Waals surface area contributed by atoms with Crippen molar-refractivity contribution in [1.82, 2.24) is 5.32 Å². The second-order valence-electron chi connectivity index (χ2n) is 7.29. The zero-order chi connectivity index (χ0) is 16.3. The molecule has 122 valence electrons. The predicted octanol–water partition coefficient (Wildman–Crippen LogP) is 3.47. The summed E-state index contributed by atoms with van der Waals surface area (Å²) in [4.78, 5) is 12.5. The number of aliphatic hydroxyl groups excluding tert-OH is 1. The average Bonchev–Trinajstić information content (AvgIpc) is 2.74. The largest absolute Gasteiger partial charge is 0.393 e. The highest BCUT2D eigenvalue weighted by Gasteiger charge is 2.31. The minimum atomic E-state index is -0.394. The van der Waals surface area contributed by atoms with Gasteiger partial charge in [0.2, 0.25) is 5.91 Å². The van der Waals surface area contributed by atoms with Crippen molar-refractivity contribution in [2.45, 2.75) is 59.1 Å². The standard InChI is InChI=1S/C19H29NO2/c1-12(2)9-16(21)11-14(4)19(22)20-18-13(3)10-15-7-5-6-8-17(15)18/h5-8,12-14,16,18,21H,9-11H2,1-4H3,(H,20,22)/t13-,14-,16-,18-/m1/s1. The molecular weight excluding hydrogens is 274 g/mol. The van der Waals surface area contributed by atoms with Crippen molar-refractivity contribution in [3.05, 3.63) is 35.4 Å². The normalized spacial score (nSPS) is 23.2. The molecule has 0 aliphatic heterocycles. The first-order valence-corrected chi connectivity index (χ1v) is 8.44. The molecule has 2 N–H and O–H groups in total. The lowest BCUT2D eigenvalue weighted by molar-refractivity contribution is -0.126. The van der Waals surface area contributed by atoms with Gasteiger partial charge in [0.25, 0.3) is 0 Å². The predicted molar refractivity (Wildman–Crippen MR) is 89.4 cm³/mol. The molecule has 0 aromatic heterocycles. The Morgan fingerprint density at radius 2 is 1.95 bits per heavy atom. The van der Waals surface area contributed by atoms with Gasteiger partial charge in [-0.3, -0.25) is 4.79 Å². The Labute approximate surface area is 134 Å². The van der Waals surface area contributed by atoms with Crippen molar-refractivity contribution in [3.8, 4) is 0 Å². The number of aliphatic hydroxyl groups is 1. The fourth-order valence-electron chi connectivity index (χ4n) is 3.47. The highest BCUT2D eigenvalue weighted by atomic mass is 16.3. The molecule has 1 aromatic carbocycles. The smallest absolute Gasteiger partial charge is 0.223 e. The molecule has 4 atom stereocenters. The molecule has 0 unspecified atom stereocenters. The second-order valence-corrected chi connectivity index (χ2v) is 7.29. The van der Waals surface area contributed by atoms with Crippen molar-refractivity contribution in [1.29, 1.82) is 0 Å². The van der Waals surface area contributed by atoms with Crippen molar-refractivity contribution in [3.63, 3.8) is 0 Å². The van der Waals surface area contributed by atoms with Crippen molar-refractivity contribution >= 4 is 5.91 Å². The van der Waals surface area contributed by atoms with Crippen molar-refractivity contribution < 1.29 is 9.90 Å². The zero-order valence-electron chi connectivity index (χ0n) is 14.2. The van der Waals surface area contributed by atoms with Crippen LogP contribution in [0.1, 0.15) is 57.7 Å². The van der Waals surface area contributed by atoms with Gasteiger partial charge in [0, 0.05) is 5.92 Å². The molecule has 0 bridgehead atoms. The Hall–Kier alpha value is -1.35. The topological polar surface area (TPSA) is 49.3 Å². The maximum absolute atomic E-state index is 12.5. The quantitative estimate of drug-likeness (QED) is 0.845. The molecule has 3 heteroatoms. The van der Waals surface area contributed by atoms with E-state index in [1.807, 2.05) is 13.0 Å². The van der Waals surface area contributed by atoms with Crippen molar-refractivity contribution in [2.24, 2.45) is 17.8 Å². The number of carbonyl (C=O) groups excluding carboxylic acids is 1. The zero-order valence-corrected chi connectivity index (χ0v) is 14.2. The number of benzene rings is 1. The highest BCUT2D eigenvalue weighted by molar-refractivity contribution is 5.79. The van der Waals surface area contributed by atoms with E-state index in [0.29, 0.717) is 18.3 Å². The fourth-order valence-corrected chi connectivity index (χ4v) is 3.47. The van der Waals surface area contributed by atoms with Crippen LogP contribution in [0.3, 0.4) is 0 Å². The van der Waals surface area contributed by atoms with Crippen LogP contribution in [0.4, 0.5) is 0 Å². The van der Waals surface area contributed by atoms with Gasteiger partial charge in [-0.1, -0.05) is 52.0 Å². The Kier molecular flexibility index (Phi) is 5.63. The summed E-state index contributed by atoms with van der Waals surface area (Å²) in [5, 5.41) is 13.2. The first-order chi connectivity index (χ1) is 10.4. The molecule has 1 aliphatic rings. The summed E-state index contributed by atoms with van der Waals surface area (Å²) in [6, 6.07) is 8.45. The van der Waals surface area contributed by atoms with E-state index in [1.54, 1.807) is 0 Å². The second kappa shape index (κ2) is 7.28. The Bertz CT molecular complexity index is 512. The summed E-state index contributed by atoms with van der Waals surface area (Å²) in [6.45, 7) is 8.27. The Morgan fingerprint density at radius 1 is 1.27 bits per heavy atom. The van der Waals surface area contributed by atoms with Gasteiger partial charge in [-0.05, 0) is 42.2 Å². The number of rotatable bonds is 6. The van der Waals surface area contributed by atoms with E-state index in [2.05, 4.69) is 44.3 Å². The third kappa shape index (κ3) is 4.10. The molecule has 0 saturated carbocycles. The lowest BCUT2D eigenvalue weighted by atomic mass is 9.95. The molecule has 0 saturated heterocycles. The molecule has 0 heterocycles. The molecule has 1 amide bonds. The molecule has 22 heavy (non-hydrogen) atoms. The Balaban J connectivity index is 1.94. The summed E-state index contributed by atoms with van der Waals surface area (Å²) in [6.07, 6.45) is 1.91. The third-order valence-corrected chi connectivity index (χ3v) is 4.62. The Morgan fingerprint density at radius 3 is 2.64 bits per heavy atom. The summed E-state index contributed by atoms with van der Waals surface area (Å²) >= 11 is 0. The molecule has 3 nitrogen and oxygen atoms in total. The van der Waals surface area contributed by atoms with Gasteiger partial charge in [0.05, 0.1) is 12.1 Å². The molecule has 0 radical (unpaired) electrons. The molecule has 1 aromatic rings. The van der Waals surface area contributed by atoms with E-state index >= 15 is 0 Å². The summed E-state index contributed by atoms with van der Waals surface area (Å²) in [5.74, 6) is 0.770. The number of hydrogen-bond donors (Lipinski definition) is 2. The molecule has 2 rings (SSSR count). The number of amides is 1. The fraction of sp³-hybridized carbons (Fsp3) is 0.632. The minimum absolute atomic E-state index is 0.0522. The van der Waals surface area contributed by atoms with Crippen molar-refractivity contribution in [2.75, 3.05) is 0 Å². The van der Waals surface area contributed by atoms with E-state index in [9.17, 15) is 9.90 Å². The number of fused-ring (bicyclic) bond motifs is 1. The van der Waals surface area contributed by atoms with E-state index in [0.717, 1.165) is 12.8 Å². The van der Waals surface area contributed by atoms with Gasteiger partial charge in [0.15, 0.2) is 0 Å². The number of hydrogen-bond acceptors (Lipinski definition) is 2. The van der Waals surface area contributed by atoms with E-state index in [-0.39, 0.29) is 17.9 Å². The van der Waals surface area contributed by atoms with Crippen LogP contribution in [0.25, 0.3) is 0 Å². The van der Waals surface area contributed by atoms with Gasteiger partial charge in [-0.2, -0.15) is 0 Å². The molecule has 1 aliphatic carbocycles. The summed E-state index contributed by atoms with van der Waals surface area (Å²) in [7, 11) is 0. The van der Waals surface area contributed by atoms with Crippen LogP contribution in [0, 0.1) is 17.8 Å². The lowest BCUT2D eigenvalue weighted by Crippen LogP contribution is -2.35. The number of nitrogens with one attached hydrogen (secondary N) is 1. The van der Waals surface area contributed by atoms with Crippen LogP contribution >= 0.6 is 0 Å². The maximum Gasteiger partial charge on any atom is 0.223 e. The first kappa shape index (κ1) is 17.0. The van der Waals surface area contributed by atoms with E-state index < -0.39 is 6.10 Å². The molecule has 0 spiro atoms. The average molecular weight is 303 g/mol. The summed E-state index contributed by atoms with van der Waals surface area (Å²) < 4.78 is 0. The van der Waals surface area contributed by atoms with Crippen LogP contribution in [-0.4, -0.2) is 17.1 Å². The van der Waals surface area contributed by atoms with Gasteiger partial charge in [0.1, 0.15) is 0 Å². The van der Waals surface area contributed by atoms with E-state index in [1.165, 1.54) is 11.1 Å². The monoisotopic (exact) mass is 303 g/mol. The first-order valence-electron chi connectivity index (χ1n) is 8.44. The van der Waals surface area contributed by atoms with Crippen LogP contribution in [0.15, 0.2) is 24.3 Å². The minimum Gasteiger partial charge on any atom is -0.393 e. The SMILES string of the molecule is CC(C)C[C@@H](O)C[C@@H](C)C(=O)N[C@H]1c2ccccc2C[C@H]1C. The third-order valence-electron chi connectivity index (χ3n) is 4.62. The van der Waals surface area contributed by atoms with Crippen LogP contribution in [-0.2, 0) is 11.2 Å².